The summed E-state index contributed by atoms with van der Waals surface area (Å²) in [6.45, 7) is 1.47. The van der Waals surface area contributed by atoms with E-state index in [2.05, 4.69) is 12.1 Å². The Morgan fingerprint density at radius 2 is 1.58 bits per heavy atom. The van der Waals surface area contributed by atoms with Crippen LogP contribution in [-0.4, -0.2) is 40.4 Å². The summed E-state index contributed by atoms with van der Waals surface area (Å²) in [4.78, 5) is 46.4. The molecule has 1 atom stereocenters. The molecule has 1 aromatic heterocycles. The van der Waals surface area contributed by atoms with E-state index in [4.69, 9.17) is 9.72 Å². The molecule has 0 bridgehead atoms. The SMILES string of the molecule is CC1Oc2ccc(-c3csc(Cc4ccccc4)n3)cc2N(CN2C(=O)c3ccccc3C2=O)C1=O. The van der Waals surface area contributed by atoms with Crippen molar-refractivity contribution in [2.75, 3.05) is 11.6 Å². The van der Waals surface area contributed by atoms with Crippen LogP contribution in [0.1, 0.15) is 38.2 Å². The molecule has 178 valence electrons. The van der Waals surface area contributed by atoms with E-state index in [9.17, 15) is 14.4 Å². The summed E-state index contributed by atoms with van der Waals surface area (Å²) in [5.41, 5.74) is 3.99. The average molecular weight is 496 g/mol. The molecular formula is C28H21N3O4S. The molecule has 3 heterocycles. The number of fused-ring (bicyclic) bond motifs is 2. The van der Waals surface area contributed by atoms with E-state index in [1.807, 2.05) is 35.7 Å². The highest BCUT2D eigenvalue weighted by molar-refractivity contribution is 7.10. The molecule has 36 heavy (non-hydrogen) atoms. The lowest BCUT2D eigenvalue weighted by Gasteiger charge is -2.35. The van der Waals surface area contributed by atoms with Crippen molar-refractivity contribution in [3.63, 3.8) is 0 Å². The van der Waals surface area contributed by atoms with Crippen LogP contribution in [0.4, 0.5) is 5.69 Å². The van der Waals surface area contributed by atoms with Crippen LogP contribution in [0.5, 0.6) is 5.75 Å². The van der Waals surface area contributed by atoms with Crippen molar-refractivity contribution in [3.05, 3.63) is 99.9 Å². The molecule has 7 nitrogen and oxygen atoms in total. The van der Waals surface area contributed by atoms with Crippen molar-refractivity contribution < 1.29 is 19.1 Å². The van der Waals surface area contributed by atoms with Crippen LogP contribution in [0.15, 0.2) is 78.2 Å². The van der Waals surface area contributed by atoms with Gasteiger partial charge in [0.1, 0.15) is 12.4 Å². The fourth-order valence-corrected chi connectivity index (χ4v) is 5.35. The largest absolute Gasteiger partial charge is 0.479 e. The fourth-order valence-electron chi connectivity index (χ4n) is 4.52. The summed E-state index contributed by atoms with van der Waals surface area (Å²) in [6.07, 6.45) is -0.00296. The van der Waals surface area contributed by atoms with Gasteiger partial charge in [-0.3, -0.25) is 24.2 Å². The quantitative estimate of drug-likeness (QED) is 0.373. The Morgan fingerprint density at radius 3 is 2.31 bits per heavy atom. The third-order valence-corrected chi connectivity index (χ3v) is 7.22. The first kappa shape index (κ1) is 22.2. The molecule has 6 rings (SSSR count). The number of rotatable bonds is 5. The molecule has 3 aromatic carbocycles. The standard InChI is InChI=1S/C28H21N3O4S/c1-17-26(32)30(16-31-27(33)20-9-5-6-10-21(20)28(31)34)23-14-19(11-12-24(23)35-17)22-15-36-25(29-22)13-18-7-3-2-4-8-18/h2-12,14-15,17H,13,16H2,1H3. The van der Waals surface area contributed by atoms with Crippen LogP contribution in [-0.2, 0) is 11.2 Å². The van der Waals surface area contributed by atoms with Crippen LogP contribution in [0.25, 0.3) is 11.3 Å². The molecule has 0 spiro atoms. The van der Waals surface area contributed by atoms with Gasteiger partial charge in [0, 0.05) is 17.4 Å². The van der Waals surface area contributed by atoms with Gasteiger partial charge in [0.2, 0.25) is 0 Å². The van der Waals surface area contributed by atoms with E-state index in [0.717, 1.165) is 27.6 Å². The van der Waals surface area contributed by atoms with Crippen molar-refractivity contribution in [2.24, 2.45) is 0 Å². The molecular weight excluding hydrogens is 474 g/mol. The van der Waals surface area contributed by atoms with Gasteiger partial charge in [-0.25, -0.2) is 4.98 Å². The zero-order valence-corrected chi connectivity index (χ0v) is 20.2. The summed E-state index contributed by atoms with van der Waals surface area (Å²) >= 11 is 1.58. The summed E-state index contributed by atoms with van der Waals surface area (Å²) in [7, 11) is 0. The third kappa shape index (κ3) is 3.76. The first-order valence-corrected chi connectivity index (χ1v) is 12.4. The van der Waals surface area contributed by atoms with E-state index in [1.54, 1.807) is 48.6 Å². The summed E-state index contributed by atoms with van der Waals surface area (Å²) in [6, 6.07) is 22.4. The van der Waals surface area contributed by atoms with Crippen LogP contribution < -0.4 is 9.64 Å². The summed E-state index contributed by atoms with van der Waals surface area (Å²) in [5.74, 6) is -0.628. The lowest BCUT2D eigenvalue weighted by molar-refractivity contribution is -0.125. The number of carbonyl (C=O) groups excluding carboxylic acids is 3. The third-order valence-electron chi connectivity index (χ3n) is 6.37. The van der Waals surface area contributed by atoms with E-state index in [0.29, 0.717) is 22.6 Å². The van der Waals surface area contributed by atoms with Crippen LogP contribution in [0.3, 0.4) is 0 Å². The van der Waals surface area contributed by atoms with Gasteiger partial charge in [-0.1, -0.05) is 42.5 Å². The number of hydrogen-bond donors (Lipinski definition) is 0. The lowest BCUT2D eigenvalue weighted by atomic mass is 10.1. The van der Waals surface area contributed by atoms with Crippen molar-refractivity contribution in [2.45, 2.75) is 19.4 Å². The number of imide groups is 1. The number of benzene rings is 3. The Labute approximate surface area is 211 Å². The number of carbonyl (C=O) groups is 3. The number of anilines is 1. The Morgan fingerprint density at radius 1 is 0.889 bits per heavy atom. The van der Waals surface area contributed by atoms with Gasteiger partial charge < -0.3 is 4.74 Å². The normalized spacial score (nSPS) is 16.7. The van der Waals surface area contributed by atoms with Gasteiger partial charge in [0.05, 0.1) is 27.5 Å². The van der Waals surface area contributed by atoms with E-state index >= 15 is 0 Å². The molecule has 2 aliphatic rings. The van der Waals surface area contributed by atoms with Crippen molar-refractivity contribution in [1.82, 2.24) is 9.88 Å². The Balaban J connectivity index is 1.31. The molecule has 0 aliphatic carbocycles. The van der Waals surface area contributed by atoms with Gasteiger partial charge in [-0.15, -0.1) is 11.3 Å². The topological polar surface area (TPSA) is 79.8 Å². The highest BCUT2D eigenvalue weighted by Crippen LogP contribution is 2.38. The van der Waals surface area contributed by atoms with Gasteiger partial charge >= 0.3 is 0 Å². The minimum absolute atomic E-state index is 0.189. The van der Waals surface area contributed by atoms with E-state index in [-0.39, 0.29) is 12.6 Å². The predicted octanol–water partition coefficient (Wildman–Crippen LogP) is 4.77. The molecule has 3 amide bonds. The van der Waals surface area contributed by atoms with Gasteiger partial charge in [0.25, 0.3) is 17.7 Å². The number of nitrogens with zero attached hydrogens (tertiary/aromatic N) is 3. The molecule has 1 unspecified atom stereocenters. The Hall–Kier alpha value is -4.30. The molecule has 0 saturated carbocycles. The minimum Gasteiger partial charge on any atom is -0.479 e. The molecule has 0 saturated heterocycles. The van der Waals surface area contributed by atoms with Crippen molar-refractivity contribution >= 4 is 34.7 Å². The first-order valence-electron chi connectivity index (χ1n) is 11.6. The second kappa shape index (κ2) is 8.73. The van der Waals surface area contributed by atoms with Gasteiger partial charge in [-0.05, 0) is 42.8 Å². The smallest absolute Gasteiger partial charge is 0.269 e. The van der Waals surface area contributed by atoms with Crippen molar-refractivity contribution in [3.8, 4) is 17.0 Å². The predicted molar refractivity (Wildman–Crippen MR) is 136 cm³/mol. The average Bonchev–Trinajstić information content (AvgIpc) is 3.46. The highest BCUT2D eigenvalue weighted by Gasteiger charge is 2.40. The zero-order valence-electron chi connectivity index (χ0n) is 19.4. The van der Waals surface area contributed by atoms with Crippen LogP contribution >= 0.6 is 11.3 Å². The minimum atomic E-state index is -0.740. The number of amides is 3. The molecule has 8 heteroatoms. The molecule has 2 aliphatic heterocycles. The van der Waals surface area contributed by atoms with Crippen LogP contribution in [0, 0.1) is 0 Å². The highest BCUT2D eigenvalue weighted by atomic mass is 32.1. The Bertz CT molecular complexity index is 1480. The molecule has 0 radical (unpaired) electrons. The monoisotopic (exact) mass is 495 g/mol. The van der Waals surface area contributed by atoms with E-state index in [1.165, 1.54) is 10.5 Å². The maximum atomic E-state index is 13.2. The van der Waals surface area contributed by atoms with Crippen molar-refractivity contribution in [1.29, 1.82) is 0 Å². The maximum absolute atomic E-state index is 13.2. The summed E-state index contributed by atoms with van der Waals surface area (Å²) < 4.78 is 5.83. The molecule has 4 aromatic rings. The fraction of sp³-hybridized carbons (Fsp3) is 0.143. The maximum Gasteiger partial charge on any atom is 0.269 e. The molecule has 0 N–H and O–H groups in total. The lowest BCUT2D eigenvalue weighted by Crippen LogP contribution is -2.50. The van der Waals surface area contributed by atoms with Gasteiger partial charge in [0.15, 0.2) is 6.10 Å². The second-order valence-corrected chi connectivity index (χ2v) is 9.67. The number of aromatic nitrogens is 1. The second-order valence-electron chi connectivity index (χ2n) is 8.72. The Kier molecular flexibility index (Phi) is 5.38. The number of ether oxygens (including phenoxy) is 1. The summed E-state index contributed by atoms with van der Waals surface area (Å²) in [5, 5.41) is 2.97. The number of thiazole rings is 1. The van der Waals surface area contributed by atoms with Gasteiger partial charge in [-0.2, -0.15) is 0 Å². The number of hydrogen-bond acceptors (Lipinski definition) is 6. The van der Waals surface area contributed by atoms with Crippen LogP contribution in [0.2, 0.25) is 0 Å². The molecule has 0 fully saturated rings. The first-order chi connectivity index (χ1) is 17.5. The van der Waals surface area contributed by atoms with E-state index < -0.39 is 17.9 Å². The zero-order chi connectivity index (χ0) is 24.8.